The molecule has 19 heavy (non-hydrogen) atoms. The van der Waals surface area contributed by atoms with Crippen LogP contribution >= 0.6 is 39.1 Å². The fraction of sp³-hybridized carbons (Fsp3) is 0.0833. The average Bonchev–Trinajstić information content (AvgIpc) is 2.30. The Morgan fingerprint density at radius 3 is 2.58 bits per heavy atom. The zero-order valence-corrected chi connectivity index (χ0v) is 12.4. The molecule has 0 saturated carbocycles. The molecular weight excluding hydrogens is 363 g/mol. The van der Waals surface area contributed by atoms with Gasteiger partial charge in [-0.2, -0.15) is 0 Å². The molecule has 0 saturated heterocycles. The van der Waals surface area contributed by atoms with Crippen molar-refractivity contribution in [1.82, 2.24) is 4.98 Å². The number of ether oxygens (including phenoxy) is 1. The number of nitrogens with zero attached hydrogens (tertiary/aromatic N) is 1. The standard InChI is InChI=1S/C12H6BrCl2F2NO/c13-8-3-7(16)4-9(17)11(8)19-5-6-1-2-10(14)18-12(6)15/h1-4H,5H2. The fourth-order valence-electron chi connectivity index (χ4n) is 1.37. The molecule has 0 aliphatic carbocycles. The molecule has 0 atom stereocenters. The van der Waals surface area contributed by atoms with Crippen molar-refractivity contribution >= 4 is 39.1 Å². The largest absolute Gasteiger partial charge is 0.485 e. The molecule has 0 radical (unpaired) electrons. The molecule has 1 heterocycles. The molecular formula is C12H6BrCl2F2NO. The van der Waals surface area contributed by atoms with Crippen LogP contribution in [0.5, 0.6) is 5.75 Å². The van der Waals surface area contributed by atoms with Crippen molar-refractivity contribution in [2.75, 3.05) is 0 Å². The number of hydrogen-bond acceptors (Lipinski definition) is 2. The van der Waals surface area contributed by atoms with E-state index in [-0.39, 0.29) is 27.1 Å². The molecule has 2 rings (SSSR count). The summed E-state index contributed by atoms with van der Waals surface area (Å²) in [5, 5.41) is 0.425. The third kappa shape index (κ3) is 3.55. The molecule has 0 spiro atoms. The van der Waals surface area contributed by atoms with Crippen LogP contribution in [0.4, 0.5) is 8.78 Å². The molecule has 2 aromatic rings. The van der Waals surface area contributed by atoms with Crippen LogP contribution in [0.2, 0.25) is 10.3 Å². The Labute approximate surface area is 126 Å². The molecule has 0 aliphatic rings. The minimum Gasteiger partial charge on any atom is -0.485 e. The summed E-state index contributed by atoms with van der Waals surface area (Å²) in [6, 6.07) is 5.01. The Morgan fingerprint density at radius 2 is 1.95 bits per heavy atom. The Bertz CT molecular complexity index is 602. The molecule has 0 aliphatic heterocycles. The molecule has 0 fully saturated rings. The maximum Gasteiger partial charge on any atom is 0.169 e. The van der Waals surface area contributed by atoms with E-state index in [1.807, 2.05) is 0 Å². The normalized spacial score (nSPS) is 10.6. The third-order valence-corrected chi connectivity index (χ3v) is 3.35. The van der Waals surface area contributed by atoms with Crippen LogP contribution in [-0.4, -0.2) is 4.98 Å². The van der Waals surface area contributed by atoms with Gasteiger partial charge in [-0.15, -0.1) is 0 Å². The lowest BCUT2D eigenvalue weighted by molar-refractivity contribution is 0.287. The summed E-state index contributed by atoms with van der Waals surface area (Å²) < 4.78 is 31.9. The predicted molar refractivity (Wildman–Crippen MR) is 72.6 cm³/mol. The number of halogens is 5. The zero-order chi connectivity index (χ0) is 14.0. The van der Waals surface area contributed by atoms with Gasteiger partial charge in [-0.25, -0.2) is 13.8 Å². The molecule has 2 nitrogen and oxygen atoms in total. The van der Waals surface area contributed by atoms with Crippen molar-refractivity contribution in [2.24, 2.45) is 0 Å². The maximum absolute atomic E-state index is 13.5. The minimum atomic E-state index is -0.801. The first-order chi connectivity index (χ1) is 8.97. The Hall–Kier alpha value is -0.910. The highest BCUT2D eigenvalue weighted by Gasteiger charge is 2.12. The first-order valence-corrected chi connectivity index (χ1v) is 6.60. The lowest BCUT2D eigenvalue weighted by Crippen LogP contribution is -2.00. The lowest BCUT2D eigenvalue weighted by Gasteiger charge is -2.10. The third-order valence-electron chi connectivity index (χ3n) is 2.23. The van der Waals surface area contributed by atoms with Crippen LogP contribution in [0.15, 0.2) is 28.7 Å². The molecule has 0 bridgehead atoms. The van der Waals surface area contributed by atoms with E-state index < -0.39 is 11.6 Å². The van der Waals surface area contributed by atoms with Gasteiger partial charge in [-0.1, -0.05) is 23.2 Å². The number of benzene rings is 1. The second-order valence-corrected chi connectivity index (χ2v) is 5.17. The molecule has 0 N–H and O–H groups in total. The first kappa shape index (κ1) is 14.5. The van der Waals surface area contributed by atoms with Gasteiger partial charge in [0.25, 0.3) is 0 Å². The number of rotatable bonds is 3. The fourth-order valence-corrected chi connectivity index (χ4v) is 2.29. The molecule has 0 unspecified atom stereocenters. The first-order valence-electron chi connectivity index (χ1n) is 5.05. The smallest absolute Gasteiger partial charge is 0.169 e. The number of hydrogen-bond donors (Lipinski definition) is 0. The second-order valence-electron chi connectivity index (χ2n) is 3.57. The summed E-state index contributed by atoms with van der Waals surface area (Å²) in [6.45, 7) is -0.00977. The molecule has 1 aromatic carbocycles. The Kier molecular flexibility index (Phi) is 4.60. The highest BCUT2D eigenvalue weighted by Crippen LogP contribution is 2.30. The summed E-state index contributed by atoms with van der Waals surface area (Å²) in [5.74, 6) is -1.58. The number of aromatic nitrogens is 1. The number of pyridine rings is 1. The van der Waals surface area contributed by atoms with E-state index in [1.54, 1.807) is 12.1 Å². The van der Waals surface area contributed by atoms with E-state index in [4.69, 9.17) is 27.9 Å². The van der Waals surface area contributed by atoms with Gasteiger partial charge < -0.3 is 4.74 Å². The Balaban J connectivity index is 2.19. The molecule has 0 amide bonds. The van der Waals surface area contributed by atoms with Gasteiger partial charge in [-0.3, -0.25) is 0 Å². The van der Waals surface area contributed by atoms with Gasteiger partial charge in [0.15, 0.2) is 11.6 Å². The SMILES string of the molecule is Fc1cc(F)c(OCc2ccc(Cl)nc2Cl)c(Br)c1. The highest BCUT2D eigenvalue weighted by molar-refractivity contribution is 9.10. The van der Waals surface area contributed by atoms with Crippen LogP contribution in [0.1, 0.15) is 5.56 Å². The van der Waals surface area contributed by atoms with Crippen molar-refractivity contribution in [3.63, 3.8) is 0 Å². The van der Waals surface area contributed by atoms with E-state index >= 15 is 0 Å². The van der Waals surface area contributed by atoms with Crippen molar-refractivity contribution in [1.29, 1.82) is 0 Å². The molecule has 7 heteroatoms. The van der Waals surface area contributed by atoms with Crippen molar-refractivity contribution in [2.45, 2.75) is 6.61 Å². The molecule has 1 aromatic heterocycles. The highest BCUT2D eigenvalue weighted by atomic mass is 79.9. The monoisotopic (exact) mass is 367 g/mol. The topological polar surface area (TPSA) is 22.1 Å². The van der Waals surface area contributed by atoms with Crippen molar-refractivity contribution in [3.05, 3.63) is 56.2 Å². The van der Waals surface area contributed by atoms with E-state index in [0.29, 0.717) is 5.56 Å². The second kappa shape index (κ2) is 6.03. The van der Waals surface area contributed by atoms with Crippen LogP contribution in [0.3, 0.4) is 0 Å². The van der Waals surface area contributed by atoms with Gasteiger partial charge >= 0.3 is 0 Å². The van der Waals surface area contributed by atoms with E-state index in [2.05, 4.69) is 20.9 Å². The zero-order valence-electron chi connectivity index (χ0n) is 9.26. The maximum atomic E-state index is 13.5. The summed E-state index contributed by atoms with van der Waals surface area (Å²) >= 11 is 14.5. The summed E-state index contributed by atoms with van der Waals surface area (Å²) in [5.41, 5.74) is 0.543. The Morgan fingerprint density at radius 1 is 1.21 bits per heavy atom. The van der Waals surface area contributed by atoms with Gasteiger partial charge in [0, 0.05) is 11.6 Å². The van der Waals surface area contributed by atoms with Crippen molar-refractivity contribution < 1.29 is 13.5 Å². The van der Waals surface area contributed by atoms with Crippen molar-refractivity contribution in [3.8, 4) is 5.75 Å². The lowest BCUT2D eigenvalue weighted by atomic mass is 10.3. The van der Waals surface area contributed by atoms with Gasteiger partial charge in [0.1, 0.15) is 22.7 Å². The van der Waals surface area contributed by atoms with Gasteiger partial charge in [-0.05, 0) is 34.1 Å². The quantitative estimate of drug-likeness (QED) is 0.710. The van der Waals surface area contributed by atoms with Crippen LogP contribution in [-0.2, 0) is 6.61 Å². The summed E-state index contributed by atoms with van der Waals surface area (Å²) in [7, 11) is 0. The van der Waals surface area contributed by atoms with E-state index in [0.717, 1.165) is 12.1 Å². The van der Waals surface area contributed by atoms with Gasteiger partial charge in [0.05, 0.1) is 4.47 Å². The van der Waals surface area contributed by atoms with Crippen LogP contribution in [0.25, 0.3) is 0 Å². The van der Waals surface area contributed by atoms with Crippen LogP contribution < -0.4 is 4.74 Å². The van der Waals surface area contributed by atoms with Crippen LogP contribution in [0, 0.1) is 11.6 Å². The molecule has 100 valence electrons. The van der Waals surface area contributed by atoms with E-state index in [9.17, 15) is 8.78 Å². The minimum absolute atomic E-state index is 0.00977. The van der Waals surface area contributed by atoms with Gasteiger partial charge in [0.2, 0.25) is 0 Å². The summed E-state index contributed by atoms with van der Waals surface area (Å²) in [6.07, 6.45) is 0. The van der Waals surface area contributed by atoms with E-state index in [1.165, 1.54) is 0 Å². The predicted octanol–water partition coefficient (Wildman–Crippen LogP) is 5.01. The average molecular weight is 369 g/mol. The summed E-state index contributed by atoms with van der Waals surface area (Å²) in [4.78, 5) is 3.83.